The van der Waals surface area contributed by atoms with Crippen LogP contribution in [0, 0.1) is 11.8 Å². The van der Waals surface area contributed by atoms with E-state index in [-0.39, 0.29) is 29.0 Å². The molecule has 4 rings (SSSR count). The highest BCUT2D eigenvalue weighted by Gasteiger charge is 2.52. The summed E-state index contributed by atoms with van der Waals surface area (Å²) >= 11 is 0. The summed E-state index contributed by atoms with van der Waals surface area (Å²) in [5.41, 5.74) is 2.22. The largest absolute Gasteiger partial charge is 0.508 e. The van der Waals surface area contributed by atoms with Gasteiger partial charge in [0.1, 0.15) is 5.75 Å². The molecule has 0 aromatic heterocycles. The Balaban J connectivity index is 1.47. The standard InChI is InChI=1S/C32H46N2O3/c1-24(2)22-34(31(37)16-9-5-8-13-25-11-6-4-7-12-25)27-20-30(36)29-23-33(3)18-17-32(29,21-27)26-14-10-15-28(35)19-26/h4,6-7,10-12,14-15,19,24,27,29-30,35-36H,5,8-9,13,16-18,20-23H2,1-3H3. The Labute approximate surface area is 223 Å². The molecule has 202 valence electrons. The van der Waals surface area contributed by atoms with Crippen LogP contribution in [0.3, 0.4) is 0 Å². The van der Waals surface area contributed by atoms with Gasteiger partial charge in [-0.25, -0.2) is 0 Å². The zero-order valence-electron chi connectivity index (χ0n) is 23.0. The number of fused-ring (bicyclic) bond motifs is 1. The van der Waals surface area contributed by atoms with Gasteiger partial charge in [0.15, 0.2) is 0 Å². The number of hydrogen-bond donors (Lipinski definition) is 2. The molecule has 2 aromatic carbocycles. The predicted octanol–water partition coefficient (Wildman–Crippen LogP) is 5.39. The summed E-state index contributed by atoms with van der Waals surface area (Å²) in [7, 11) is 2.12. The Morgan fingerprint density at radius 1 is 1.11 bits per heavy atom. The van der Waals surface area contributed by atoms with Crippen LogP contribution < -0.4 is 0 Å². The van der Waals surface area contributed by atoms with Crippen LogP contribution in [0.5, 0.6) is 5.75 Å². The molecule has 1 saturated heterocycles. The molecule has 5 heteroatoms. The summed E-state index contributed by atoms with van der Waals surface area (Å²) in [5, 5.41) is 21.8. The molecule has 1 aliphatic carbocycles. The maximum atomic E-state index is 13.6. The van der Waals surface area contributed by atoms with Crippen molar-refractivity contribution < 1.29 is 15.0 Å². The first kappa shape index (κ1) is 27.7. The van der Waals surface area contributed by atoms with Crippen molar-refractivity contribution in [3.05, 3.63) is 65.7 Å². The van der Waals surface area contributed by atoms with Crippen molar-refractivity contribution in [3.63, 3.8) is 0 Å². The van der Waals surface area contributed by atoms with Gasteiger partial charge in [0.05, 0.1) is 6.10 Å². The second-order valence-electron chi connectivity index (χ2n) is 12.0. The van der Waals surface area contributed by atoms with E-state index in [1.807, 2.05) is 18.2 Å². The molecule has 5 nitrogen and oxygen atoms in total. The van der Waals surface area contributed by atoms with E-state index in [4.69, 9.17) is 0 Å². The summed E-state index contributed by atoms with van der Waals surface area (Å²) in [6.07, 6.45) is 6.60. The van der Waals surface area contributed by atoms with Crippen LogP contribution >= 0.6 is 0 Å². The van der Waals surface area contributed by atoms with Crippen molar-refractivity contribution >= 4 is 5.91 Å². The summed E-state index contributed by atoms with van der Waals surface area (Å²) in [6, 6.07) is 18.2. The fraction of sp³-hybridized carbons (Fsp3) is 0.594. The fourth-order valence-electron chi connectivity index (χ4n) is 6.82. The average molecular weight is 507 g/mol. The lowest BCUT2D eigenvalue weighted by Gasteiger charge is -2.56. The molecule has 0 spiro atoms. The number of carbonyl (C=O) groups is 1. The average Bonchev–Trinajstić information content (AvgIpc) is 2.88. The van der Waals surface area contributed by atoms with Crippen molar-refractivity contribution in [1.29, 1.82) is 0 Å². The lowest BCUT2D eigenvalue weighted by Crippen LogP contribution is -2.61. The third-order valence-corrected chi connectivity index (χ3v) is 8.68. The Morgan fingerprint density at radius 3 is 2.62 bits per heavy atom. The van der Waals surface area contributed by atoms with Gasteiger partial charge in [0, 0.05) is 36.9 Å². The van der Waals surface area contributed by atoms with Crippen LogP contribution in [-0.4, -0.2) is 64.7 Å². The Bertz CT molecular complexity index is 1010. The minimum Gasteiger partial charge on any atom is -0.508 e. The highest BCUT2D eigenvalue weighted by molar-refractivity contribution is 5.76. The van der Waals surface area contributed by atoms with Crippen LogP contribution in [-0.2, 0) is 16.6 Å². The first-order valence-electron chi connectivity index (χ1n) is 14.3. The second kappa shape index (κ2) is 12.4. The number of likely N-dealkylation sites (tertiary alicyclic amines) is 1. The molecule has 4 atom stereocenters. The number of benzene rings is 2. The number of aliphatic hydroxyl groups excluding tert-OH is 1. The number of rotatable bonds is 10. The first-order chi connectivity index (χ1) is 17.8. The van der Waals surface area contributed by atoms with Crippen LogP contribution in [0.4, 0.5) is 0 Å². The molecule has 2 fully saturated rings. The number of nitrogens with zero attached hydrogens (tertiary/aromatic N) is 2. The predicted molar refractivity (Wildman–Crippen MR) is 150 cm³/mol. The van der Waals surface area contributed by atoms with E-state index in [0.717, 1.165) is 63.7 Å². The van der Waals surface area contributed by atoms with Gasteiger partial charge in [0.2, 0.25) is 5.91 Å². The minimum atomic E-state index is -0.475. The van der Waals surface area contributed by atoms with E-state index in [2.05, 4.69) is 61.0 Å². The number of aryl methyl sites for hydroxylation is 1. The van der Waals surface area contributed by atoms with E-state index >= 15 is 0 Å². The Morgan fingerprint density at radius 2 is 1.89 bits per heavy atom. The number of phenolic OH excluding ortho intramolecular Hbond substituents is 1. The van der Waals surface area contributed by atoms with Gasteiger partial charge in [-0.2, -0.15) is 0 Å². The monoisotopic (exact) mass is 506 g/mol. The number of carbonyl (C=O) groups excluding carboxylic acids is 1. The van der Waals surface area contributed by atoms with Gasteiger partial charge in [-0.1, -0.05) is 62.7 Å². The number of phenols is 1. The van der Waals surface area contributed by atoms with Gasteiger partial charge in [-0.15, -0.1) is 0 Å². The number of unbranched alkanes of at least 4 members (excludes halogenated alkanes) is 2. The van der Waals surface area contributed by atoms with E-state index < -0.39 is 6.10 Å². The summed E-state index contributed by atoms with van der Waals surface area (Å²) in [6.45, 7) is 6.85. The van der Waals surface area contributed by atoms with Crippen molar-refractivity contribution in [3.8, 4) is 5.75 Å². The summed E-state index contributed by atoms with van der Waals surface area (Å²) in [4.78, 5) is 18.0. The number of aromatic hydroxyl groups is 1. The van der Waals surface area contributed by atoms with Crippen molar-refractivity contribution in [2.45, 2.75) is 82.8 Å². The van der Waals surface area contributed by atoms with Crippen LogP contribution in [0.1, 0.15) is 69.9 Å². The normalized spacial score (nSPS) is 26.1. The highest BCUT2D eigenvalue weighted by atomic mass is 16.3. The van der Waals surface area contributed by atoms with Crippen molar-refractivity contribution in [2.75, 3.05) is 26.7 Å². The molecule has 1 aliphatic heterocycles. The van der Waals surface area contributed by atoms with Gasteiger partial charge in [0.25, 0.3) is 0 Å². The van der Waals surface area contributed by atoms with E-state index in [9.17, 15) is 15.0 Å². The number of aliphatic hydroxyl groups is 1. The van der Waals surface area contributed by atoms with Gasteiger partial charge < -0.3 is 20.0 Å². The molecule has 2 aromatic rings. The quantitative estimate of drug-likeness (QED) is 0.424. The summed E-state index contributed by atoms with van der Waals surface area (Å²) < 4.78 is 0. The van der Waals surface area contributed by atoms with Crippen LogP contribution in [0.2, 0.25) is 0 Å². The second-order valence-corrected chi connectivity index (χ2v) is 12.0. The SMILES string of the molecule is CC(C)CN(C(=O)CCCCCc1ccccc1)C1CC(O)C2CN(C)CCC2(c2cccc(O)c2)C1. The molecular formula is C32H46N2O3. The van der Waals surface area contributed by atoms with Gasteiger partial charge >= 0.3 is 0 Å². The van der Waals surface area contributed by atoms with Crippen LogP contribution in [0.15, 0.2) is 54.6 Å². The van der Waals surface area contributed by atoms with E-state index in [1.165, 1.54) is 5.56 Å². The molecule has 0 bridgehead atoms. The minimum absolute atomic E-state index is 0.0104. The molecule has 4 unspecified atom stereocenters. The first-order valence-corrected chi connectivity index (χ1v) is 14.3. The smallest absolute Gasteiger partial charge is 0.222 e. The van der Waals surface area contributed by atoms with Crippen molar-refractivity contribution in [1.82, 2.24) is 9.80 Å². The topological polar surface area (TPSA) is 64.0 Å². The molecule has 1 amide bonds. The zero-order chi connectivity index (χ0) is 26.4. The molecule has 1 saturated carbocycles. The molecule has 0 radical (unpaired) electrons. The maximum absolute atomic E-state index is 13.6. The fourth-order valence-corrected chi connectivity index (χ4v) is 6.82. The van der Waals surface area contributed by atoms with Gasteiger partial charge in [-0.3, -0.25) is 4.79 Å². The third-order valence-electron chi connectivity index (χ3n) is 8.68. The highest BCUT2D eigenvalue weighted by Crippen LogP contribution is 2.50. The number of amides is 1. The number of piperidine rings is 1. The van der Waals surface area contributed by atoms with Crippen molar-refractivity contribution in [2.24, 2.45) is 11.8 Å². The molecular weight excluding hydrogens is 460 g/mol. The molecule has 1 heterocycles. The zero-order valence-corrected chi connectivity index (χ0v) is 23.0. The maximum Gasteiger partial charge on any atom is 0.222 e. The lowest BCUT2D eigenvalue weighted by atomic mass is 9.56. The third kappa shape index (κ3) is 6.74. The summed E-state index contributed by atoms with van der Waals surface area (Å²) in [5.74, 6) is 0.958. The molecule has 2 aliphatic rings. The number of hydrogen-bond acceptors (Lipinski definition) is 4. The Kier molecular flexibility index (Phi) is 9.31. The molecule has 2 N–H and O–H groups in total. The van der Waals surface area contributed by atoms with E-state index in [1.54, 1.807) is 6.07 Å². The van der Waals surface area contributed by atoms with Crippen LogP contribution in [0.25, 0.3) is 0 Å². The van der Waals surface area contributed by atoms with E-state index in [0.29, 0.717) is 18.8 Å². The molecule has 37 heavy (non-hydrogen) atoms. The Hall–Kier alpha value is -2.37. The lowest BCUT2D eigenvalue weighted by molar-refractivity contribution is -0.139. The van der Waals surface area contributed by atoms with Gasteiger partial charge in [-0.05, 0) is 81.3 Å².